The average molecular weight is 577 g/mol. The van der Waals surface area contributed by atoms with Crippen LogP contribution in [0.25, 0.3) is 6.08 Å². The number of amides is 1. The molecule has 0 aromatic heterocycles. The number of hydrogen-bond acceptors (Lipinski definition) is 4. The minimum absolute atomic E-state index is 0.110. The Hall–Kier alpha value is -2.79. The summed E-state index contributed by atoms with van der Waals surface area (Å²) in [6, 6.07) is 20.1. The van der Waals surface area contributed by atoms with Crippen LogP contribution >= 0.6 is 43.5 Å². The Morgan fingerprint density at radius 2 is 1.91 bits per heavy atom. The Kier molecular flexibility index (Phi) is 8.34. The third-order valence-electron chi connectivity index (χ3n) is 4.34. The quantitative estimate of drug-likeness (QED) is 0.243. The summed E-state index contributed by atoms with van der Waals surface area (Å²) in [5, 5.41) is 12.8. The number of benzene rings is 3. The molecule has 0 heterocycles. The number of carbonyl (C=O) groups is 1. The molecule has 0 saturated heterocycles. The molecule has 0 spiro atoms. The van der Waals surface area contributed by atoms with Crippen molar-refractivity contribution < 1.29 is 14.3 Å². The number of nitrogens with zero attached hydrogens (tertiary/aromatic N) is 1. The number of anilines is 1. The van der Waals surface area contributed by atoms with Crippen LogP contribution in [0.2, 0.25) is 5.02 Å². The summed E-state index contributed by atoms with van der Waals surface area (Å²) in [6.07, 6.45) is 1.47. The van der Waals surface area contributed by atoms with E-state index in [1.165, 1.54) is 13.2 Å². The molecule has 0 atom stereocenters. The first-order valence-electron chi connectivity index (χ1n) is 9.33. The summed E-state index contributed by atoms with van der Waals surface area (Å²) in [5.74, 6) is 0.341. The molecule has 3 rings (SSSR count). The minimum atomic E-state index is -0.599. The topological polar surface area (TPSA) is 71.3 Å². The molecule has 0 radical (unpaired) electrons. The zero-order valence-electron chi connectivity index (χ0n) is 16.9. The zero-order chi connectivity index (χ0) is 23.1. The third-order valence-corrected chi connectivity index (χ3v) is 5.62. The van der Waals surface area contributed by atoms with E-state index in [0.717, 1.165) is 10.0 Å². The summed E-state index contributed by atoms with van der Waals surface area (Å²) < 4.78 is 12.7. The number of nitriles is 1. The molecule has 0 aliphatic heterocycles. The maximum atomic E-state index is 12.8. The van der Waals surface area contributed by atoms with Crippen molar-refractivity contribution in [1.82, 2.24) is 0 Å². The van der Waals surface area contributed by atoms with Crippen LogP contribution in [0.1, 0.15) is 11.1 Å². The Morgan fingerprint density at radius 3 is 2.59 bits per heavy atom. The van der Waals surface area contributed by atoms with Crippen LogP contribution in [0.15, 0.2) is 75.2 Å². The molecule has 0 bridgehead atoms. The number of rotatable bonds is 7. The van der Waals surface area contributed by atoms with E-state index in [4.69, 9.17) is 21.1 Å². The van der Waals surface area contributed by atoms with Crippen molar-refractivity contribution in [3.05, 3.63) is 91.3 Å². The molecule has 0 aliphatic rings. The Bertz CT molecular complexity index is 1210. The molecule has 3 aromatic rings. The van der Waals surface area contributed by atoms with Crippen molar-refractivity contribution in [3.8, 4) is 17.6 Å². The molecule has 0 fully saturated rings. The van der Waals surface area contributed by atoms with Crippen molar-refractivity contribution in [1.29, 1.82) is 5.26 Å². The summed E-state index contributed by atoms with van der Waals surface area (Å²) in [4.78, 5) is 12.8. The summed E-state index contributed by atoms with van der Waals surface area (Å²) in [5.41, 5.74) is 1.80. The minimum Gasteiger partial charge on any atom is -0.495 e. The highest BCUT2D eigenvalue weighted by molar-refractivity contribution is 9.11. The maximum absolute atomic E-state index is 12.8. The number of nitrogens with one attached hydrogen (secondary N) is 1. The molecule has 1 N–H and O–H groups in total. The standard InChI is InChI=1S/C24H17Br2ClN2O3/c1-31-22-8-7-19(27)12-21(22)29-24(30)17(13-28)9-16-10-18(25)11-20(26)23(16)32-14-15-5-3-2-4-6-15/h2-12H,14H2,1H3,(H,29,30)/b17-9+. The summed E-state index contributed by atoms with van der Waals surface area (Å²) >= 11 is 13.0. The van der Waals surface area contributed by atoms with Crippen LogP contribution in [-0.2, 0) is 11.4 Å². The van der Waals surface area contributed by atoms with E-state index in [1.54, 1.807) is 24.3 Å². The second kappa shape index (κ2) is 11.2. The van der Waals surface area contributed by atoms with Gasteiger partial charge in [0.1, 0.15) is 29.7 Å². The van der Waals surface area contributed by atoms with Gasteiger partial charge >= 0.3 is 0 Å². The highest BCUT2D eigenvalue weighted by Crippen LogP contribution is 2.35. The fourth-order valence-corrected chi connectivity index (χ4v) is 4.39. The predicted molar refractivity (Wildman–Crippen MR) is 133 cm³/mol. The molecule has 0 saturated carbocycles. The SMILES string of the molecule is COc1ccc(Cl)cc1NC(=O)/C(C#N)=C/c1cc(Br)cc(Br)c1OCc1ccccc1. The second-order valence-electron chi connectivity index (χ2n) is 6.55. The van der Waals surface area contributed by atoms with Crippen molar-refractivity contribution in [2.45, 2.75) is 6.61 Å². The molecule has 3 aromatic carbocycles. The van der Waals surface area contributed by atoms with Crippen molar-refractivity contribution >= 4 is 61.1 Å². The summed E-state index contributed by atoms with van der Waals surface area (Å²) in [6.45, 7) is 0.329. The lowest BCUT2D eigenvalue weighted by Gasteiger charge is -2.13. The van der Waals surface area contributed by atoms with Gasteiger partial charge in [-0.1, -0.05) is 57.9 Å². The van der Waals surface area contributed by atoms with Crippen LogP contribution in [0.5, 0.6) is 11.5 Å². The van der Waals surface area contributed by atoms with E-state index >= 15 is 0 Å². The van der Waals surface area contributed by atoms with Crippen molar-refractivity contribution in [2.24, 2.45) is 0 Å². The van der Waals surface area contributed by atoms with Crippen LogP contribution in [-0.4, -0.2) is 13.0 Å². The fraction of sp³-hybridized carbons (Fsp3) is 0.0833. The number of halogens is 3. The lowest BCUT2D eigenvalue weighted by molar-refractivity contribution is -0.112. The Balaban J connectivity index is 1.91. The monoisotopic (exact) mass is 574 g/mol. The van der Waals surface area contributed by atoms with Crippen LogP contribution < -0.4 is 14.8 Å². The average Bonchev–Trinajstić information content (AvgIpc) is 2.77. The predicted octanol–water partition coefficient (Wildman–Crippen LogP) is 7.00. The van der Waals surface area contributed by atoms with Crippen molar-refractivity contribution in [2.75, 3.05) is 12.4 Å². The molecule has 0 aliphatic carbocycles. The number of ether oxygens (including phenoxy) is 2. The van der Waals surface area contributed by atoms with Gasteiger partial charge in [0.05, 0.1) is 17.3 Å². The molecular formula is C24H17Br2ClN2O3. The van der Waals surface area contributed by atoms with E-state index < -0.39 is 5.91 Å². The molecule has 32 heavy (non-hydrogen) atoms. The molecule has 5 nitrogen and oxygen atoms in total. The van der Waals surface area contributed by atoms with Crippen LogP contribution in [0, 0.1) is 11.3 Å². The van der Waals surface area contributed by atoms with E-state index in [-0.39, 0.29) is 5.57 Å². The third kappa shape index (κ3) is 6.13. The zero-order valence-corrected chi connectivity index (χ0v) is 20.8. The Morgan fingerprint density at radius 1 is 1.16 bits per heavy atom. The van der Waals surface area contributed by atoms with Gasteiger partial charge in [0.2, 0.25) is 0 Å². The van der Waals surface area contributed by atoms with E-state index in [0.29, 0.717) is 38.9 Å². The van der Waals surface area contributed by atoms with Gasteiger partial charge in [-0.05, 0) is 57.9 Å². The maximum Gasteiger partial charge on any atom is 0.266 e. The molecular weight excluding hydrogens is 560 g/mol. The van der Waals surface area contributed by atoms with E-state index in [1.807, 2.05) is 42.5 Å². The highest BCUT2D eigenvalue weighted by atomic mass is 79.9. The first kappa shape index (κ1) is 23.9. The fourth-order valence-electron chi connectivity index (χ4n) is 2.84. The van der Waals surface area contributed by atoms with Gasteiger partial charge in [-0.15, -0.1) is 0 Å². The molecule has 8 heteroatoms. The smallest absolute Gasteiger partial charge is 0.266 e. The number of carbonyl (C=O) groups excluding carboxylic acids is 1. The van der Waals surface area contributed by atoms with Gasteiger partial charge < -0.3 is 14.8 Å². The van der Waals surface area contributed by atoms with Crippen LogP contribution in [0.4, 0.5) is 5.69 Å². The molecule has 162 valence electrons. The van der Waals surface area contributed by atoms with Gasteiger partial charge in [-0.2, -0.15) is 5.26 Å². The van der Waals surface area contributed by atoms with Gasteiger partial charge in [-0.3, -0.25) is 4.79 Å². The number of methoxy groups -OCH3 is 1. The second-order valence-corrected chi connectivity index (χ2v) is 8.76. The van der Waals surface area contributed by atoms with E-state index in [9.17, 15) is 10.1 Å². The van der Waals surface area contributed by atoms with Gasteiger partial charge in [0.15, 0.2) is 0 Å². The van der Waals surface area contributed by atoms with Gasteiger partial charge in [-0.25, -0.2) is 0 Å². The first-order valence-corrected chi connectivity index (χ1v) is 11.3. The Labute approximate surface area is 207 Å². The highest BCUT2D eigenvalue weighted by Gasteiger charge is 2.16. The summed E-state index contributed by atoms with van der Waals surface area (Å²) in [7, 11) is 1.48. The van der Waals surface area contributed by atoms with E-state index in [2.05, 4.69) is 37.2 Å². The lowest BCUT2D eigenvalue weighted by atomic mass is 10.1. The largest absolute Gasteiger partial charge is 0.495 e. The first-order chi connectivity index (χ1) is 15.4. The molecule has 1 amide bonds. The van der Waals surface area contributed by atoms with Gasteiger partial charge in [0, 0.05) is 15.1 Å². The number of hydrogen-bond donors (Lipinski definition) is 1. The van der Waals surface area contributed by atoms with Crippen LogP contribution in [0.3, 0.4) is 0 Å². The van der Waals surface area contributed by atoms with Crippen molar-refractivity contribution in [3.63, 3.8) is 0 Å². The normalized spacial score (nSPS) is 10.9. The van der Waals surface area contributed by atoms with Gasteiger partial charge in [0.25, 0.3) is 5.91 Å². The lowest BCUT2D eigenvalue weighted by Crippen LogP contribution is -2.14. The molecule has 0 unspecified atom stereocenters.